The molecule has 0 aliphatic heterocycles. The quantitative estimate of drug-likeness (QED) is 0.627. The van der Waals surface area contributed by atoms with E-state index in [1.165, 1.54) is 10.4 Å². The lowest BCUT2D eigenvalue weighted by Crippen LogP contribution is -2.63. The van der Waals surface area contributed by atoms with E-state index in [1.54, 1.807) is 0 Å². The number of rotatable bonds is 6. The lowest BCUT2D eigenvalue weighted by molar-refractivity contribution is 0.115. The molecule has 0 aromatic heterocycles. The van der Waals surface area contributed by atoms with Crippen LogP contribution in [0.1, 0.15) is 41.5 Å². The van der Waals surface area contributed by atoms with Crippen molar-refractivity contribution in [3.63, 3.8) is 0 Å². The zero-order valence-electron chi connectivity index (χ0n) is 18.3. The van der Waals surface area contributed by atoms with Crippen molar-refractivity contribution in [2.24, 2.45) is 0 Å². The summed E-state index contributed by atoms with van der Waals surface area (Å²) in [6.07, 6.45) is 0. The van der Waals surface area contributed by atoms with Gasteiger partial charge in [0.1, 0.15) is 0 Å². The number of benzene rings is 2. The summed E-state index contributed by atoms with van der Waals surface area (Å²) < 4.78 is 13.7. The van der Waals surface area contributed by atoms with Gasteiger partial charge in [-0.05, 0) is 70.7 Å². The molecule has 27 heavy (non-hydrogen) atoms. The van der Waals surface area contributed by atoms with Crippen molar-refractivity contribution in [3.05, 3.63) is 60.7 Å². The lowest BCUT2D eigenvalue weighted by Gasteiger charge is -2.43. The van der Waals surface area contributed by atoms with Crippen molar-refractivity contribution in [3.8, 4) is 0 Å². The van der Waals surface area contributed by atoms with Gasteiger partial charge in [0.15, 0.2) is 0 Å². The minimum atomic E-state index is -2.24. The van der Waals surface area contributed by atoms with Gasteiger partial charge in [-0.2, -0.15) is 0 Å². The van der Waals surface area contributed by atoms with Gasteiger partial charge in [0, 0.05) is 11.2 Å². The molecule has 2 nitrogen and oxygen atoms in total. The average molecular weight is 401 g/mol. The maximum atomic E-state index is 6.84. The van der Waals surface area contributed by atoms with E-state index in [0.717, 1.165) is 5.67 Å². The van der Waals surface area contributed by atoms with Crippen molar-refractivity contribution < 1.29 is 8.85 Å². The van der Waals surface area contributed by atoms with Crippen LogP contribution in [0.2, 0.25) is 18.8 Å². The molecule has 2 unspecified atom stereocenters. The van der Waals surface area contributed by atoms with Gasteiger partial charge < -0.3 is 8.85 Å². The van der Waals surface area contributed by atoms with Gasteiger partial charge in [0.2, 0.25) is 16.6 Å². The van der Waals surface area contributed by atoms with E-state index in [9.17, 15) is 0 Å². The highest BCUT2D eigenvalue weighted by Gasteiger charge is 2.47. The smallest absolute Gasteiger partial charge is 0.221 e. The monoisotopic (exact) mass is 400 g/mol. The van der Waals surface area contributed by atoms with Crippen LogP contribution in [0.4, 0.5) is 0 Å². The zero-order valence-corrected chi connectivity index (χ0v) is 20.3. The second-order valence-electron chi connectivity index (χ2n) is 9.80. The highest BCUT2D eigenvalue weighted by atomic mass is 28.4. The Balaban J connectivity index is 2.53. The molecule has 148 valence electrons. The fourth-order valence-electron chi connectivity index (χ4n) is 3.97. The van der Waals surface area contributed by atoms with Crippen LogP contribution in [-0.2, 0) is 8.85 Å². The first-order valence-corrected chi connectivity index (χ1v) is 15.1. The first kappa shape index (κ1) is 22.1. The molecule has 0 aliphatic rings. The Morgan fingerprint density at radius 2 is 0.889 bits per heavy atom. The lowest BCUT2D eigenvalue weighted by atomic mass is 10.2. The minimum absolute atomic E-state index is 0.190. The van der Waals surface area contributed by atoms with Crippen molar-refractivity contribution in [1.29, 1.82) is 0 Å². The Bertz CT molecular complexity index is 656. The third-order valence-corrected chi connectivity index (χ3v) is 15.1. The molecule has 4 heteroatoms. The van der Waals surface area contributed by atoms with Gasteiger partial charge in [-0.15, -0.1) is 0 Å². The molecule has 0 amide bonds. The molecule has 2 rings (SSSR count). The van der Waals surface area contributed by atoms with Crippen molar-refractivity contribution in [2.75, 3.05) is 0 Å². The van der Waals surface area contributed by atoms with Crippen LogP contribution in [0.5, 0.6) is 0 Å². The van der Waals surface area contributed by atoms with Gasteiger partial charge in [-0.25, -0.2) is 0 Å². The Kier molecular flexibility index (Phi) is 6.57. The second kappa shape index (κ2) is 8.04. The molecule has 0 saturated carbocycles. The van der Waals surface area contributed by atoms with E-state index >= 15 is 0 Å². The van der Waals surface area contributed by atoms with Crippen LogP contribution in [0.25, 0.3) is 0 Å². The van der Waals surface area contributed by atoms with Gasteiger partial charge in [0.25, 0.3) is 0 Å². The zero-order chi connectivity index (χ0) is 20.3. The summed E-state index contributed by atoms with van der Waals surface area (Å²) in [6, 6.07) is 21.6. The molecule has 0 heterocycles. The summed E-state index contributed by atoms with van der Waals surface area (Å²) in [5.74, 6) is 0. The predicted molar refractivity (Wildman–Crippen MR) is 122 cm³/mol. The molecule has 0 bridgehead atoms. The summed E-state index contributed by atoms with van der Waals surface area (Å²) in [7, 11) is -4.48. The van der Waals surface area contributed by atoms with E-state index in [1.807, 2.05) is 0 Å². The van der Waals surface area contributed by atoms with Crippen LogP contribution in [0.15, 0.2) is 60.7 Å². The highest BCUT2D eigenvalue weighted by Crippen LogP contribution is 2.29. The number of hydrogen-bond donors (Lipinski definition) is 0. The molecule has 2 aromatic carbocycles. The third-order valence-electron chi connectivity index (χ3n) is 4.51. The van der Waals surface area contributed by atoms with Crippen LogP contribution in [-0.4, -0.2) is 27.8 Å². The molecule has 0 radical (unpaired) electrons. The van der Waals surface area contributed by atoms with E-state index in [-0.39, 0.29) is 11.2 Å². The van der Waals surface area contributed by atoms with Crippen molar-refractivity contribution in [1.82, 2.24) is 0 Å². The van der Waals surface area contributed by atoms with Crippen molar-refractivity contribution in [2.45, 2.75) is 71.5 Å². The van der Waals surface area contributed by atoms with Gasteiger partial charge in [0.05, 0.1) is 0 Å². The fourth-order valence-corrected chi connectivity index (χ4v) is 16.1. The molecule has 2 atom stereocenters. The van der Waals surface area contributed by atoms with Crippen LogP contribution in [0.3, 0.4) is 0 Å². The van der Waals surface area contributed by atoms with Crippen LogP contribution in [0, 0.1) is 0 Å². The first-order chi connectivity index (χ1) is 12.3. The summed E-state index contributed by atoms with van der Waals surface area (Å²) in [4.78, 5) is 0. The van der Waals surface area contributed by atoms with Gasteiger partial charge in [-0.1, -0.05) is 60.7 Å². The molecule has 0 saturated heterocycles. The summed E-state index contributed by atoms with van der Waals surface area (Å²) in [5, 5.41) is 2.68. The Labute approximate surface area is 168 Å². The highest BCUT2D eigenvalue weighted by molar-refractivity contribution is 7.02. The summed E-state index contributed by atoms with van der Waals surface area (Å²) >= 11 is 0. The van der Waals surface area contributed by atoms with Gasteiger partial charge in [-0.3, -0.25) is 0 Å². The fraction of sp³-hybridized carbons (Fsp3) is 0.478. The molecule has 0 fully saturated rings. The molecular weight excluding hydrogens is 364 g/mol. The minimum Gasteiger partial charge on any atom is -0.408 e. The summed E-state index contributed by atoms with van der Waals surface area (Å²) in [5.41, 5.74) is 0.609. The molecule has 0 spiro atoms. The molecular formula is C23H36O2Si2. The van der Waals surface area contributed by atoms with Crippen molar-refractivity contribution >= 4 is 27.0 Å². The van der Waals surface area contributed by atoms with E-state index in [2.05, 4.69) is 115 Å². The number of hydrogen-bond acceptors (Lipinski definition) is 2. The normalized spacial score (nSPS) is 17.2. The SMILES string of the molecule is CC(C)(C)O[Si](C)(C[Si](C)(OC(C)(C)C)c1ccccc1)c1ccccc1. The standard InChI is InChI=1S/C23H36O2Si2/c1-22(2,3)24-26(7,20-15-11-9-12-16-20)19-27(8,25-23(4,5)6)21-17-13-10-14-18-21/h9-18H,19H2,1-8H3. The molecule has 0 N–H and O–H groups in total. The van der Waals surface area contributed by atoms with Gasteiger partial charge >= 0.3 is 0 Å². The Morgan fingerprint density at radius 1 is 0.593 bits per heavy atom. The topological polar surface area (TPSA) is 18.5 Å². The molecule has 2 aromatic rings. The second-order valence-corrected chi connectivity index (χ2v) is 17.7. The van der Waals surface area contributed by atoms with Crippen LogP contribution >= 0.6 is 0 Å². The maximum absolute atomic E-state index is 6.84. The Morgan fingerprint density at radius 3 is 1.15 bits per heavy atom. The summed E-state index contributed by atoms with van der Waals surface area (Å²) in [6.45, 7) is 17.7. The van der Waals surface area contributed by atoms with E-state index < -0.39 is 16.6 Å². The van der Waals surface area contributed by atoms with E-state index in [0.29, 0.717) is 0 Å². The van der Waals surface area contributed by atoms with E-state index in [4.69, 9.17) is 8.85 Å². The Hall–Kier alpha value is -1.21. The average Bonchev–Trinajstić information content (AvgIpc) is 2.53. The first-order valence-electron chi connectivity index (χ1n) is 9.84. The predicted octanol–water partition coefficient (Wildman–Crippen LogP) is 5.12. The van der Waals surface area contributed by atoms with Crippen LogP contribution < -0.4 is 10.4 Å². The molecule has 0 aliphatic carbocycles. The maximum Gasteiger partial charge on any atom is 0.221 e. The largest absolute Gasteiger partial charge is 0.408 e. The third kappa shape index (κ3) is 6.42.